The van der Waals surface area contributed by atoms with Gasteiger partial charge in [-0.2, -0.15) is 5.10 Å². The minimum atomic E-state index is -0.506. The Labute approximate surface area is 145 Å². The fourth-order valence-corrected chi connectivity index (χ4v) is 2.09. The lowest BCUT2D eigenvalue weighted by Gasteiger charge is -2.11. The van der Waals surface area contributed by atoms with Crippen LogP contribution in [0.15, 0.2) is 35.4 Å². The number of hydrazone groups is 1. The van der Waals surface area contributed by atoms with E-state index in [1.54, 1.807) is 25.1 Å². The van der Waals surface area contributed by atoms with Gasteiger partial charge in [-0.25, -0.2) is 4.98 Å². The maximum absolute atomic E-state index is 11.0. The zero-order valence-electron chi connectivity index (χ0n) is 14.4. The van der Waals surface area contributed by atoms with Gasteiger partial charge in [0.25, 0.3) is 0 Å². The molecule has 132 valence electrons. The van der Waals surface area contributed by atoms with E-state index in [1.807, 2.05) is 19.9 Å². The van der Waals surface area contributed by atoms with Crippen LogP contribution in [-0.4, -0.2) is 29.3 Å². The molecule has 1 aromatic heterocycles. The number of aromatic nitrogens is 1. The van der Waals surface area contributed by atoms with Crippen LogP contribution in [0.2, 0.25) is 0 Å². The quantitative estimate of drug-likeness (QED) is 0.447. The van der Waals surface area contributed by atoms with Crippen LogP contribution in [0.1, 0.15) is 25.1 Å². The molecule has 1 aromatic carbocycles. The van der Waals surface area contributed by atoms with Crippen LogP contribution >= 0.6 is 0 Å². The zero-order valence-corrected chi connectivity index (χ0v) is 14.4. The summed E-state index contributed by atoms with van der Waals surface area (Å²) in [7, 11) is 0. The molecule has 0 atom stereocenters. The highest BCUT2D eigenvalue weighted by Crippen LogP contribution is 2.28. The van der Waals surface area contributed by atoms with Crippen molar-refractivity contribution in [3.05, 3.63) is 51.7 Å². The number of hydrogen-bond donors (Lipinski definition) is 1. The van der Waals surface area contributed by atoms with Gasteiger partial charge in [-0.15, -0.1) is 0 Å². The second-order valence-corrected chi connectivity index (χ2v) is 5.02. The van der Waals surface area contributed by atoms with E-state index < -0.39 is 4.92 Å². The Morgan fingerprint density at radius 2 is 1.92 bits per heavy atom. The zero-order chi connectivity index (χ0) is 18.2. The number of ether oxygens (including phenoxy) is 2. The van der Waals surface area contributed by atoms with Crippen LogP contribution in [0, 0.1) is 17.0 Å². The smallest absolute Gasteiger partial charge is 0.313 e. The van der Waals surface area contributed by atoms with Gasteiger partial charge in [0.05, 0.1) is 24.4 Å². The monoisotopic (exact) mass is 344 g/mol. The lowest BCUT2D eigenvalue weighted by atomic mass is 10.2. The summed E-state index contributed by atoms with van der Waals surface area (Å²) in [6.45, 7) is 6.59. The molecule has 0 saturated heterocycles. The van der Waals surface area contributed by atoms with Gasteiger partial charge in [0.15, 0.2) is 11.5 Å². The number of anilines is 1. The van der Waals surface area contributed by atoms with Gasteiger partial charge in [-0.05, 0) is 50.6 Å². The summed E-state index contributed by atoms with van der Waals surface area (Å²) in [6.07, 6.45) is 1.53. The van der Waals surface area contributed by atoms with Gasteiger partial charge in [0, 0.05) is 11.8 Å². The number of nitrogens with one attached hydrogen (secondary N) is 1. The van der Waals surface area contributed by atoms with E-state index in [-0.39, 0.29) is 11.5 Å². The molecular formula is C17H20N4O4. The first kappa shape index (κ1) is 18.2. The van der Waals surface area contributed by atoms with Crippen LogP contribution in [0.3, 0.4) is 0 Å². The molecule has 0 aliphatic rings. The number of rotatable bonds is 8. The summed E-state index contributed by atoms with van der Waals surface area (Å²) >= 11 is 0. The molecule has 0 radical (unpaired) electrons. The maximum Gasteiger partial charge on any atom is 0.313 e. The number of aryl methyl sites for hydroxylation is 1. The van der Waals surface area contributed by atoms with Crippen LogP contribution in [0.4, 0.5) is 11.5 Å². The van der Waals surface area contributed by atoms with Crippen molar-refractivity contribution in [1.29, 1.82) is 0 Å². The van der Waals surface area contributed by atoms with Gasteiger partial charge in [0.1, 0.15) is 0 Å². The van der Waals surface area contributed by atoms with Crippen molar-refractivity contribution in [3.8, 4) is 11.5 Å². The standard InChI is InChI=1S/C17H20N4O4/c1-4-24-15-9-7-13(10-16(15)25-5-2)11-18-20-17-14(21(22)23)8-6-12(3)19-17/h6-11H,4-5H2,1-3H3,(H,19,20)/b18-11-. The van der Waals surface area contributed by atoms with Crippen molar-refractivity contribution in [1.82, 2.24) is 4.98 Å². The van der Waals surface area contributed by atoms with E-state index in [9.17, 15) is 10.1 Å². The van der Waals surface area contributed by atoms with Gasteiger partial charge in [-0.3, -0.25) is 15.5 Å². The first-order chi connectivity index (χ1) is 12.0. The van der Waals surface area contributed by atoms with Crippen molar-refractivity contribution in [3.63, 3.8) is 0 Å². The van der Waals surface area contributed by atoms with Crippen molar-refractivity contribution in [2.45, 2.75) is 20.8 Å². The molecule has 0 aliphatic carbocycles. The highest BCUT2D eigenvalue weighted by atomic mass is 16.6. The van der Waals surface area contributed by atoms with E-state index >= 15 is 0 Å². The average Bonchev–Trinajstić information content (AvgIpc) is 2.57. The van der Waals surface area contributed by atoms with E-state index in [4.69, 9.17) is 9.47 Å². The van der Waals surface area contributed by atoms with Crippen LogP contribution in [0.5, 0.6) is 11.5 Å². The Bertz CT molecular complexity index is 777. The molecule has 25 heavy (non-hydrogen) atoms. The number of benzene rings is 1. The number of pyridine rings is 1. The predicted molar refractivity (Wildman–Crippen MR) is 95.6 cm³/mol. The van der Waals surface area contributed by atoms with Crippen molar-refractivity contribution in [2.75, 3.05) is 18.6 Å². The maximum atomic E-state index is 11.0. The Kier molecular flexibility index (Phi) is 6.27. The summed E-state index contributed by atoms with van der Waals surface area (Å²) in [5, 5.41) is 15.1. The molecule has 8 heteroatoms. The van der Waals surface area contributed by atoms with Gasteiger partial charge >= 0.3 is 5.69 Å². The summed E-state index contributed by atoms with van der Waals surface area (Å²) in [5.41, 5.74) is 3.90. The van der Waals surface area contributed by atoms with Crippen LogP contribution in [-0.2, 0) is 0 Å². The minimum absolute atomic E-state index is 0.0946. The number of nitro groups is 1. The molecule has 2 aromatic rings. The molecule has 0 aliphatic heterocycles. The molecule has 0 fully saturated rings. The lowest BCUT2D eigenvalue weighted by Crippen LogP contribution is -2.01. The normalized spacial score (nSPS) is 10.7. The Hall–Kier alpha value is -3.16. The predicted octanol–water partition coefficient (Wildman–Crippen LogP) is 3.54. The fourth-order valence-electron chi connectivity index (χ4n) is 2.09. The van der Waals surface area contributed by atoms with Crippen molar-refractivity contribution in [2.24, 2.45) is 5.10 Å². The van der Waals surface area contributed by atoms with E-state index in [2.05, 4.69) is 15.5 Å². The molecule has 1 heterocycles. The summed E-state index contributed by atoms with van der Waals surface area (Å²) < 4.78 is 11.1. The molecule has 2 rings (SSSR count). The Morgan fingerprint density at radius 1 is 1.20 bits per heavy atom. The van der Waals surface area contributed by atoms with Crippen LogP contribution in [0.25, 0.3) is 0 Å². The van der Waals surface area contributed by atoms with Crippen molar-refractivity contribution >= 4 is 17.7 Å². The molecule has 8 nitrogen and oxygen atoms in total. The average molecular weight is 344 g/mol. The highest BCUT2D eigenvalue weighted by molar-refractivity contribution is 5.81. The summed E-state index contributed by atoms with van der Waals surface area (Å²) in [4.78, 5) is 14.6. The van der Waals surface area contributed by atoms with Gasteiger partial charge in [0.2, 0.25) is 5.82 Å². The van der Waals surface area contributed by atoms with E-state index in [0.29, 0.717) is 30.4 Å². The molecule has 0 bridgehead atoms. The lowest BCUT2D eigenvalue weighted by molar-refractivity contribution is -0.384. The molecule has 0 amide bonds. The molecule has 0 spiro atoms. The molecule has 0 saturated carbocycles. The number of nitrogens with zero attached hydrogens (tertiary/aromatic N) is 3. The fraction of sp³-hybridized carbons (Fsp3) is 0.294. The van der Waals surface area contributed by atoms with Crippen molar-refractivity contribution < 1.29 is 14.4 Å². The first-order valence-corrected chi connectivity index (χ1v) is 7.85. The van der Waals surface area contributed by atoms with Gasteiger partial charge < -0.3 is 9.47 Å². The van der Waals surface area contributed by atoms with E-state index in [0.717, 1.165) is 5.56 Å². The van der Waals surface area contributed by atoms with E-state index in [1.165, 1.54) is 12.3 Å². The highest BCUT2D eigenvalue weighted by Gasteiger charge is 2.14. The first-order valence-electron chi connectivity index (χ1n) is 7.85. The SMILES string of the molecule is CCOc1ccc(/C=N\Nc2nc(C)ccc2[N+](=O)[O-])cc1OCC. The topological polar surface area (TPSA) is 98.9 Å². The minimum Gasteiger partial charge on any atom is -0.490 e. The molecular weight excluding hydrogens is 324 g/mol. The molecule has 1 N–H and O–H groups in total. The third kappa shape index (κ3) is 4.90. The largest absolute Gasteiger partial charge is 0.490 e. The number of hydrogen-bond acceptors (Lipinski definition) is 7. The van der Waals surface area contributed by atoms with Crippen LogP contribution < -0.4 is 14.9 Å². The molecule has 0 unspecified atom stereocenters. The third-order valence-corrected chi connectivity index (χ3v) is 3.16. The third-order valence-electron chi connectivity index (χ3n) is 3.16. The Morgan fingerprint density at radius 3 is 2.60 bits per heavy atom. The summed E-state index contributed by atoms with van der Waals surface area (Å²) in [6, 6.07) is 8.37. The summed E-state index contributed by atoms with van der Waals surface area (Å²) in [5.74, 6) is 1.37. The Balaban J connectivity index is 2.18. The van der Waals surface area contributed by atoms with Gasteiger partial charge in [-0.1, -0.05) is 0 Å². The second-order valence-electron chi connectivity index (χ2n) is 5.02. The second kappa shape index (κ2) is 8.62.